The molecule has 4 aromatic carbocycles. The van der Waals surface area contributed by atoms with Gasteiger partial charge in [0.15, 0.2) is 0 Å². The van der Waals surface area contributed by atoms with E-state index >= 15 is 0 Å². The van der Waals surface area contributed by atoms with Crippen LogP contribution in [0.4, 0.5) is 0 Å². The van der Waals surface area contributed by atoms with Gasteiger partial charge >= 0.3 is 256 Å². The third kappa shape index (κ3) is 5.89. The molecule has 206 valence electrons. The fourth-order valence-electron chi connectivity index (χ4n) is 6.21. The van der Waals surface area contributed by atoms with Gasteiger partial charge in [-0.2, -0.15) is 0 Å². The predicted octanol–water partition coefficient (Wildman–Crippen LogP) is 9.51. The molecule has 0 atom stereocenters. The minimum atomic E-state index is -2.40. The Bertz CT molecular complexity index is 1680. The molecule has 2 aliphatic carbocycles. The van der Waals surface area contributed by atoms with Gasteiger partial charge in [-0.3, -0.25) is 0 Å². The summed E-state index contributed by atoms with van der Waals surface area (Å²) in [5.74, 6) is 0. The van der Waals surface area contributed by atoms with E-state index in [0.29, 0.717) is 0 Å². The van der Waals surface area contributed by atoms with Gasteiger partial charge in [0.05, 0.1) is 0 Å². The normalized spacial score (nSPS) is 14.9. The second kappa shape index (κ2) is 11.1. The summed E-state index contributed by atoms with van der Waals surface area (Å²) in [5.41, 5.74) is 13.3. The van der Waals surface area contributed by atoms with Crippen LogP contribution in [-0.4, -0.2) is 3.71 Å². The van der Waals surface area contributed by atoms with Crippen LogP contribution in [0.25, 0.3) is 16.7 Å². The topological polar surface area (TPSA) is 0 Å². The van der Waals surface area contributed by atoms with Crippen molar-refractivity contribution in [1.82, 2.24) is 0 Å². The third-order valence-electron chi connectivity index (χ3n) is 8.75. The van der Waals surface area contributed by atoms with Gasteiger partial charge < -0.3 is 0 Å². The van der Waals surface area contributed by atoms with Gasteiger partial charge in [-0.1, -0.05) is 0 Å². The fourth-order valence-corrected chi connectivity index (χ4v) is 13.0. The monoisotopic (exact) mass is 612 g/mol. The van der Waals surface area contributed by atoms with Crippen LogP contribution in [0.15, 0.2) is 106 Å². The van der Waals surface area contributed by atoms with Crippen LogP contribution in [0.1, 0.15) is 81.3 Å². The molecule has 4 aromatic rings. The van der Waals surface area contributed by atoms with Crippen LogP contribution in [0.5, 0.6) is 0 Å². The van der Waals surface area contributed by atoms with Crippen LogP contribution in [0, 0.1) is 0 Å². The molecule has 0 spiro atoms. The van der Waals surface area contributed by atoms with Gasteiger partial charge in [0, 0.05) is 0 Å². The van der Waals surface area contributed by atoms with Crippen LogP contribution in [-0.2, 0) is 44.9 Å². The maximum atomic E-state index is 2.77. The molecular formula is C40H42Zr. The summed E-state index contributed by atoms with van der Waals surface area (Å²) < 4.78 is 6.16. The standard InChI is InChI=1S/C21H25.C11H9.C8H8.Zr/c1-20(2,3)16-9-7-14-11-15-8-10-17(21(4,5)6)13-19(15)18(14)12-16;1-2-6-10(7-3-1)11-8-4-5-9-11;1-2-8-6-4-3-5-7-8;/h7,9-10,12-13H,11H2,1-6H3;1-3,6-9H,4H2;1,3-7H,2H2;. The van der Waals surface area contributed by atoms with E-state index in [4.69, 9.17) is 0 Å². The minimum absolute atomic E-state index is 0.0966. The van der Waals surface area contributed by atoms with Gasteiger partial charge in [0.25, 0.3) is 0 Å². The summed E-state index contributed by atoms with van der Waals surface area (Å²) in [4.78, 5) is 0. The summed E-state index contributed by atoms with van der Waals surface area (Å²) in [5, 5.41) is 0. The Balaban J connectivity index is 1.53. The van der Waals surface area contributed by atoms with Crippen molar-refractivity contribution < 1.29 is 21.3 Å². The summed E-state index contributed by atoms with van der Waals surface area (Å²) in [6.45, 7) is 14.1. The Kier molecular flexibility index (Phi) is 7.63. The number of hydrogen-bond acceptors (Lipinski definition) is 0. The zero-order chi connectivity index (χ0) is 28.8. The molecular weight excluding hydrogens is 572 g/mol. The Morgan fingerprint density at radius 2 is 1.37 bits per heavy atom. The van der Waals surface area contributed by atoms with Gasteiger partial charge in [-0.05, 0) is 0 Å². The van der Waals surface area contributed by atoms with Gasteiger partial charge in [-0.25, -0.2) is 0 Å². The fraction of sp³-hybridized carbons (Fsp3) is 0.275. The molecule has 0 radical (unpaired) electrons. The van der Waals surface area contributed by atoms with Crippen molar-refractivity contribution in [2.75, 3.05) is 0 Å². The zero-order valence-corrected chi connectivity index (χ0v) is 28.0. The Morgan fingerprint density at radius 1 is 0.707 bits per heavy atom. The van der Waals surface area contributed by atoms with Crippen LogP contribution in [0.2, 0.25) is 0 Å². The van der Waals surface area contributed by atoms with E-state index in [1.54, 1.807) is 12.1 Å². The molecule has 2 aliphatic rings. The quantitative estimate of drug-likeness (QED) is 0.185. The summed E-state index contributed by atoms with van der Waals surface area (Å²) in [7, 11) is 0. The Labute approximate surface area is 255 Å². The van der Waals surface area contributed by atoms with Crippen molar-refractivity contribution >= 4 is 12.6 Å². The van der Waals surface area contributed by atoms with Crippen molar-refractivity contribution in [3.8, 4) is 11.1 Å². The Hall–Kier alpha value is -2.89. The van der Waals surface area contributed by atoms with E-state index in [1.807, 2.05) is 0 Å². The molecule has 0 amide bonds. The number of rotatable bonds is 5. The van der Waals surface area contributed by atoms with Crippen molar-refractivity contribution in [3.63, 3.8) is 0 Å². The van der Waals surface area contributed by atoms with Gasteiger partial charge in [0.1, 0.15) is 0 Å². The SMILES string of the molecule is CC(C)(C)c1ccc2c(c1)-c1cc(C(C)(C)C)c[c](/[Zr](=[CH]\Cc3ccccc3)[C]3=CC(c4ccccc4)=CC3)c1C2. The van der Waals surface area contributed by atoms with Crippen LogP contribution >= 0.6 is 0 Å². The molecule has 0 N–H and O–H groups in total. The number of benzene rings is 4. The van der Waals surface area contributed by atoms with Crippen molar-refractivity contribution in [3.05, 3.63) is 140 Å². The molecule has 6 rings (SSSR count). The second-order valence-corrected chi connectivity index (χ2v) is 19.7. The molecule has 0 saturated carbocycles. The molecule has 0 nitrogen and oxygen atoms in total. The Morgan fingerprint density at radius 3 is 2.05 bits per heavy atom. The molecule has 0 bridgehead atoms. The summed E-state index contributed by atoms with van der Waals surface area (Å²) in [6.07, 6.45) is 8.22. The molecule has 0 heterocycles. The van der Waals surface area contributed by atoms with E-state index in [0.717, 1.165) is 19.3 Å². The summed E-state index contributed by atoms with van der Waals surface area (Å²) >= 11 is -2.40. The number of fused-ring (bicyclic) bond motifs is 3. The third-order valence-corrected chi connectivity index (χ3v) is 15.3. The molecule has 0 aliphatic heterocycles. The molecule has 0 fully saturated rings. The first kappa shape index (κ1) is 28.2. The first-order valence-electron chi connectivity index (χ1n) is 15.1. The molecule has 0 saturated heterocycles. The van der Waals surface area contributed by atoms with Crippen LogP contribution in [0.3, 0.4) is 0 Å². The number of hydrogen-bond donors (Lipinski definition) is 0. The van der Waals surface area contributed by atoms with Gasteiger partial charge in [0.2, 0.25) is 0 Å². The molecule has 0 unspecified atom stereocenters. The average molecular weight is 614 g/mol. The van der Waals surface area contributed by atoms with E-state index in [1.165, 1.54) is 44.5 Å². The first-order valence-corrected chi connectivity index (χ1v) is 19.0. The molecule has 0 aromatic heterocycles. The van der Waals surface area contributed by atoms with Crippen molar-refractivity contribution in [1.29, 1.82) is 0 Å². The molecule has 41 heavy (non-hydrogen) atoms. The second-order valence-electron chi connectivity index (χ2n) is 13.8. The van der Waals surface area contributed by atoms with E-state index in [-0.39, 0.29) is 10.8 Å². The summed E-state index contributed by atoms with van der Waals surface area (Å²) in [6, 6.07) is 34.4. The van der Waals surface area contributed by atoms with Crippen molar-refractivity contribution in [2.24, 2.45) is 0 Å². The zero-order valence-electron chi connectivity index (χ0n) is 25.5. The van der Waals surface area contributed by atoms with Gasteiger partial charge in [-0.15, -0.1) is 0 Å². The van der Waals surface area contributed by atoms with E-state index in [9.17, 15) is 0 Å². The average Bonchev–Trinajstić information content (AvgIpc) is 3.58. The maximum absolute atomic E-state index is 2.77. The van der Waals surface area contributed by atoms with Crippen LogP contribution < -0.4 is 3.27 Å². The first-order chi connectivity index (χ1) is 19.6. The van der Waals surface area contributed by atoms with E-state index in [2.05, 4.69) is 148 Å². The number of allylic oxidation sites excluding steroid dienone is 4. The van der Waals surface area contributed by atoms with Crippen molar-refractivity contribution in [2.45, 2.75) is 71.6 Å². The predicted molar refractivity (Wildman–Crippen MR) is 175 cm³/mol. The van der Waals surface area contributed by atoms with E-state index < -0.39 is 21.3 Å². The molecule has 1 heteroatoms.